The summed E-state index contributed by atoms with van der Waals surface area (Å²) in [6.07, 6.45) is 0.190. The van der Waals surface area contributed by atoms with Crippen LogP contribution in [-0.4, -0.2) is 25.0 Å². The van der Waals surface area contributed by atoms with Crippen LogP contribution in [0.2, 0.25) is 0 Å². The molecule has 0 bridgehead atoms. The molecule has 0 radical (unpaired) electrons. The summed E-state index contributed by atoms with van der Waals surface area (Å²) in [4.78, 5) is 23.4. The Morgan fingerprint density at radius 1 is 1.43 bits per heavy atom. The normalized spacial score (nSPS) is 10.1. The van der Waals surface area contributed by atoms with Crippen molar-refractivity contribution in [2.24, 2.45) is 0 Å². The van der Waals surface area contributed by atoms with Gasteiger partial charge < -0.3 is 10.1 Å². The summed E-state index contributed by atoms with van der Waals surface area (Å²) in [5, 5.41) is 11.1. The van der Waals surface area contributed by atoms with Gasteiger partial charge in [-0.25, -0.2) is 9.18 Å². The van der Waals surface area contributed by atoms with Crippen molar-refractivity contribution in [3.8, 4) is 6.07 Å². The van der Waals surface area contributed by atoms with Gasteiger partial charge in [0.15, 0.2) is 6.61 Å². The quantitative estimate of drug-likeness (QED) is 0.678. The summed E-state index contributed by atoms with van der Waals surface area (Å²) in [7, 11) is 0. The third kappa shape index (κ3) is 3.77. The zero-order valence-corrected chi connectivity index (χ0v) is 11.7. The first-order valence-corrected chi connectivity index (χ1v) is 6.92. The van der Waals surface area contributed by atoms with E-state index in [0.29, 0.717) is 10.1 Å². The lowest BCUT2D eigenvalue weighted by Crippen LogP contribution is -2.29. The molecule has 108 valence electrons. The number of nitrogens with one attached hydrogen (secondary N) is 1. The number of amides is 1. The summed E-state index contributed by atoms with van der Waals surface area (Å²) in [5.41, 5.74) is 0. The van der Waals surface area contributed by atoms with Crippen LogP contribution in [-0.2, 0) is 9.53 Å². The monoisotopic (exact) mass is 306 g/mol. The summed E-state index contributed by atoms with van der Waals surface area (Å²) < 4.78 is 19.0. The van der Waals surface area contributed by atoms with E-state index >= 15 is 0 Å². The lowest BCUT2D eigenvalue weighted by Gasteiger charge is -2.03. The molecule has 21 heavy (non-hydrogen) atoms. The van der Waals surface area contributed by atoms with Crippen LogP contribution in [0, 0.1) is 17.1 Å². The second-order valence-electron chi connectivity index (χ2n) is 4.10. The number of esters is 1. The summed E-state index contributed by atoms with van der Waals surface area (Å²) in [5.74, 6) is -1.56. The maximum Gasteiger partial charge on any atom is 0.348 e. The van der Waals surface area contributed by atoms with Gasteiger partial charge in [0.25, 0.3) is 5.91 Å². The number of benzene rings is 1. The first-order valence-electron chi connectivity index (χ1n) is 6.10. The van der Waals surface area contributed by atoms with Crippen molar-refractivity contribution < 1.29 is 18.7 Å². The minimum atomic E-state index is -0.675. The van der Waals surface area contributed by atoms with Crippen LogP contribution in [0.5, 0.6) is 0 Å². The van der Waals surface area contributed by atoms with Gasteiger partial charge in [-0.3, -0.25) is 4.79 Å². The fourth-order valence-electron chi connectivity index (χ4n) is 1.64. The molecule has 2 aromatic rings. The first-order chi connectivity index (χ1) is 10.1. The zero-order valence-electron chi connectivity index (χ0n) is 10.9. The molecule has 0 unspecified atom stereocenters. The predicted octanol–water partition coefficient (Wildman–Crippen LogP) is 2.23. The van der Waals surface area contributed by atoms with Crippen LogP contribution < -0.4 is 5.32 Å². The van der Waals surface area contributed by atoms with E-state index in [4.69, 9.17) is 10.00 Å². The molecule has 0 saturated carbocycles. The Kier molecular flexibility index (Phi) is 4.85. The van der Waals surface area contributed by atoms with Crippen LogP contribution in [0.1, 0.15) is 16.1 Å². The van der Waals surface area contributed by atoms with E-state index in [2.05, 4.69) is 5.32 Å². The summed E-state index contributed by atoms with van der Waals surface area (Å²) in [6, 6.07) is 7.86. The van der Waals surface area contributed by atoms with Crippen molar-refractivity contribution >= 4 is 33.3 Å². The molecule has 0 aliphatic heterocycles. The number of carbonyl (C=O) groups is 2. The van der Waals surface area contributed by atoms with E-state index in [0.717, 1.165) is 11.3 Å². The standard InChI is InChI=1S/C14H11FN2O3S/c15-10-3-1-4-11-9(10)7-12(21-11)14(19)20-8-13(18)17-6-2-5-16/h1,3-4,7H,2,6,8H2,(H,17,18). The molecule has 1 heterocycles. The lowest BCUT2D eigenvalue weighted by molar-refractivity contribution is -0.124. The third-order valence-corrected chi connectivity index (χ3v) is 3.68. The first kappa shape index (κ1) is 14.9. The van der Waals surface area contributed by atoms with Crippen molar-refractivity contribution in [1.29, 1.82) is 5.26 Å². The molecule has 0 saturated heterocycles. The third-order valence-electron chi connectivity index (χ3n) is 2.60. The molecule has 1 aromatic heterocycles. The van der Waals surface area contributed by atoms with Crippen LogP contribution in [0.3, 0.4) is 0 Å². The minimum Gasteiger partial charge on any atom is -0.451 e. The lowest BCUT2D eigenvalue weighted by atomic mass is 10.2. The summed E-state index contributed by atoms with van der Waals surface area (Å²) >= 11 is 1.10. The number of halogens is 1. The number of thiophene rings is 1. The average Bonchev–Trinajstić information content (AvgIpc) is 2.91. The fraction of sp³-hybridized carbons (Fsp3) is 0.214. The van der Waals surface area contributed by atoms with Gasteiger partial charge in [0, 0.05) is 16.6 Å². The van der Waals surface area contributed by atoms with E-state index in [1.807, 2.05) is 6.07 Å². The molecule has 0 aliphatic carbocycles. The topological polar surface area (TPSA) is 79.2 Å². The molecule has 0 atom stereocenters. The van der Waals surface area contributed by atoms with Crippen molar-refractivity contribution in [1.82, 2.24) is 5.32 Å². The van der Waals surface area contributed by atoms with Crippen molar-refractivity contribution in [2.75, 3.05) is 13.2 Å². The smallest absolute Gasteiger partial charge is 0.348 e. The van der Waals surface area contributed by atoms with Crippen molar-refractivity contribution in [3.05, 3.63) is 35.0 Å². The second-order valence-corrected chi connectivity index (χ2v) is 5.18. The largest absolute Gasteiger partial charge is 0.451 e. The van der Waals surface area contributed by atoms with Gasteiger partial charge in [-0.2, -0.15) is 5.26 Å². The molecule has 1 N–H and O–H groups in total. The van der Waals surface area contributed by atoms with E-state index in [9.17, 15) is 14.0 Å². The van der Waals surface area contributed by atoms with Gasteiger partial charge in [0.05, 0.1) is 12.5 Å². The number of nitriles is 1. The Labute approximate surface area is 123 Å². The molecule has 1 amide bonds. The number of ether oxygens (including phenoxy) is 1. The van der Waals surface area contributed by atoms with Gasteiger partial charge in [-0.15, -0.1) is 11.3 Å². The van der Waals surface area contributed by atoms with E-state index in [-0.39, 0.29) is 17.8 Å². The zero-order chi connectivity index (χ0) is 15.2. The minimum absolute atomic E-state index is 0.190. The van der Waals surface area contributed by atoms with Crippen molar-refractivity contribution in [3.63, 3.8) is 0 Å². The van der Waals surface area contributed by atoms with Crippen LogP contribution in [0.15, 0.2) is 24.3 Å². The predicted molar refractivity (Wildman–Crippen MR) is 75.3 cm³/mol. The number of hydrogen-bond donors (Lipinski definition) is 1. The highest BCUT2D eigenvalue weighted by atomic mass is 32.1. The molecule has 0 aliphatic rings. The molecular weight excluding hydrogens is 295 g/mol. The Balaban J connectivity index is 1.95. The Morgan fingerprint density at radius 3 is 2.95 bits per heavy atom. The molecule has 2 rings (SSSR count). The highest BCUT2D eigenvalue weighted by Crippen LogP contribution is 2.27. The van der Waals surface area contributed by atoms with Crippen molar-refractivity contribution in [2.45, 2.75) is 6.42 Å². The van der Waals surface area contributed by atoms with Gasteiger partial charge >= 0.3 is 5.97 Å². The van der Waals surface area contributed by atoms with Gasteiger partial charge in [-0.1, -0.05) is 6.07 Å². The number of hydrogen-bond acceptors (Lipinski definition) is 5. The number of fused-ring (bicyclic) bond motifs is 1. The Hall–Kier alpha value is -2.46. The Morgan fingerprint density at radius 2 is 2.24 bits per heavy atom. The Bertz CT molecular complexity index is 721. The second kappa shape index (κ2) is 6.81. The number of rotatable bonds is 5. The van der Waals surface area contributed by atoms with Gasteiger partial charge in [0.1, 0.15) is 10.7 Å². The molecule has 1 aromatic carbocycles. The average molecular weight is 306 g/mol. The van der Waals surface area contributed by atoms with Crippen LogP contribution >= 0.6 is 11.3 Å². The SMILES string of the molecule is N#CCCNC(=O)COC(=O)c1cc2c(F)cccc2s1. The molecular formula is C14H11FN2O3S. The summed E-state index contributed by atoms with van der Waals surface area (Å²) in [6.45, 7) is -0.220. The van der Waals surface area contributed by atoms with Gasteiger partial charge in [0.2, 0.25) is 0 Å². The number of carbonyl (C=O) groups excluding carboxylic acids is 2. The molecule has 0 spiro atoms. The van der Waals surface area contributed by atoms with E-state index in [1.165, 1.54) is 12.1 Å². The maximum atomic E-state index is 13.5. The fourth-order valence-corrected chi connectivity index (χ4v) is 2.61. The van der Waals surface area contributed by atoms with Crippen LogP contribution in [0.25, 0.3) is 10.1 Å². The number of nitrogens with zero attached hydrogens (tertiary/aromatic N) is 1. The molecule has 5 nitrogen and oxygen atoms in total. The molecule has 0 fully saturated rings. The highest BCUT2D eigenvalue weighted by molar-refractivity contribution is 7.20. The molecule has 7 heteroatoms. The van der Waals surface area contributed by atoms with Crippen LogP contribution in [0.4, 0.5) is 4.39 Å². The van der Waals surface area contributed by atoms with E-state index in [1.54, 1.807) is 12.1 Å². The highest BCUT2D eigenvalue weighted by Gasteiger charge is 2.15. The maximum absolute atomic E-state index is 13.5. The van der Waals surface area contributed by atoms with Gasteiger partial charge in [-0.05, 0) is 18.2 Å². The van der Waals surface area contributed by atoms with E-state index < -0.39 is 24.3 Å².